The monoisotopic (exact) mass is 410 g/mol. The fraction of sp³-hybridized carbons (Fsp3) is 0.238. The van der Waals surface area contributed by atoms with Gasteiger partial charge in [-0.2, -0.15) is 0 Å². The van der Waals surface area contributed by atoms with Crippen LogP contribution in [0.3, 0.4) is 0 Å². The van der Waals surface area contributed by atoms with Crippen LogP contribution in [0.5, 0.6) is 5.75 Å². The molecule has 0 aliphatic carbocycles. The number of hydrogen-bond acceptors (Lipinski definition) is 7. The lowest BCUT2D eigenvalue weighted by molar-refractivity contribution is 0.316. The molecule has 0 saturated heterocycles. The molecule has 0 unspecified atom stereocenters. The number of likely N-dealkylation sites (N-methyl/N-ethyl adjacent to an activating group) is 1. The number of thiophene rings is 2. The minimum absolute atomic E-state index is 0.285. The zero-order chi connectivity index (χ0) is 19.5. The molecule has 1 aromatic carbocycles. The van der Waals surface area contributed by atoms with E-state index in [0.29, 0.717) is 0 Å². The van der Waals surface area contributed by atoms with Gasteiger partial charge in [0.25, 0.3) is 0 Å². The Labute approximate surface area is 172 Å². The molecule has 1 N–H and O–H groups in total. The van der Waals surface area contributed by atoms with E-state index in [-0.39, 0.29) is 6.04 Å². The second-order valence-electron chi connectivity index (χ2n) is 6.66. The number of hydrogen-bond donors (Lipinski definition) is 1. The summed E-state index contributed by atoms with van der Waals surface area (Å²) >= 11 is 3.42. The molecule has 0 spiro atoms. The smallest absolute Gasteiger partial charge is 0.138 e. The Kier molecular flexibility index (Phi) is 5.57. The number of nitrogens with zero attached hydrogens (tertiary/aromatic N) is 3. The number of nitrogens with one attached hydrogen (secondary N) is 1. The second kappa shape index (κ2) is 8.26. The normalized spacial score (nSPS) is 12.4. The molecule has 3 aromatic heterocycles. The molecular weight excluding hydrogens is 388 g/mol. The molecule has 0 radical (unpaired) electrons. The van der Waals surface area contributed by atoms with Crippen molar-refractivity contribution in [2.45, 2.75) is 6.04 Å². The average molecular weight is 411 g/mol. The van der Waals surface area contributed by atoms with Gasteiger partial charge in [-0.25, -0.2) is 9.97 Å². The molecule has 28 heavy (non-hydrogen) atoms. The van der Waals surface area contributed by atoms with Gasteiger partial charge in [-0.05, 0) is 43.2 Å². The molecule has 0 aliphatic rings. The fourth-order valence-corrected chi connectivity index (χ4v) is 5.04. The predicted molar refractivity (Wildman–Crippen MR) is 119 cm³/mol. The number of fused-ring (bicyclic) bond motifs is 1. The number of methoxy groups -OCH3 is 1. The largest absolute Gasteiger partial charge is 0.497 e. The first kappa shape index (κ1) is 18.9. The van der Waals surface area contributed by atoms with E-state index in [4.69, 9.17) is 4.74 Å². The van der Waals surface area contributed by atoms with Gasteiger partial charge in [0.1, 0.15) is 22.7 Å². The lowest BCUT2D eigenvalue weighted by atomic mass is 10.1. The summed E-state index contributed by atoms with van der Waals surface area (Å²) in [7, 11) is 5.89. The topological polar surface area (TPSA) is 50.3 Å². The molecule has 144 valence electrons. The van der Waals surface area contributed by atoms with Crippen LogP contribution < -0.4 is 10.1 Å². The maximum atomic E-state index is 5.28. The maximum Gasteiger partial charge on any atom is 0.138 e. The summed E-state index contributed by atoms with van der Waals surface area (Å²) in [6.07, 6.45) is 1.63. The van der Waals surface area contributed by atoms with E-state index in [1.54, 1.807) is 36.1 Å². The highest BCUT2D eigenvalue weighted by Crippen LogP contribution is 2.37. The Balaban J connectivity index is 1.66. The lowest BCUT2D eigenvalue weighted by Gasteiger charge is -2.24. The Morgan fingerprint density at radius 2 is 1.93 bits per heavy atom. The average Bonchev–Trinajstić information content (AvgIpc) is 3.38. The van der Waals surface area contributed by atoms with Crippen molar-refractivity contribution in [1.82, 2.24) is 14.9 Å². The second-order valence-corrected chi connectivity index (χ2v) is 8.49. The van der Waals surface area contributed by atoms with Crippen LogP contribution in [0.4, 0.5) is 5.82 Å². The fourth-order valence-electron chi connectivity index (χ4n) is 3.20. The molecule has 0 fully saturated rings. The third kappa shape index (κ3) is 3.73. The molecule has 7 heteroatoms. The van der Waals surface area contributed by atoms with E-state index in [1.165, 1.54) is 4.88 Å². The summed E-state index contributed by atoms with van der Waals surface area (Å²) in [4.78, 5) is 13.6. The maximum absolute atomic E-state index is 5.28. The van der Waals surface area contributed by atoms with Crippen molar-refractivity contribution in [1.29, 1.82) is 0 Å². The van der Waals surface area contributed by atoms with E-state index in [2.05, 4.69) is 69.3 Å². The molecular formula is C21H22N4OS2. The summed E-state index contributed by atoms with van der Waals surface area (Å²) in [5, 5.41) is 8.91. The van der Waals surface area contributed by atoms with Crippen molar-refractivity contribution in [2.24, 2.45) is 0 Å². The van der Waals surface area contributed by atoms with Gasteiger partial charge in [-0.15, -0.1) is 22.7 Å². The van der Waals surface area contributed by atoms with E-state index in [9.17, 15) is 0 Å². The summed E-state index contributed by atoms with van der Waals surface area (Å²) in [6.45, 7) is 0.775. The highest BCUT2D eigenvalue weighted by molar-refractivity contribution is 7.17. The van der Waals surface area contributed by atoms with Crippen molar-refractivity contribution in [3.63, 3.8) is 0 Å². The van der Waals surface area contributed by atoms with Crippen molar-refractivity contribution in [3.05, 3.63) is 58.4 Å². The minimum atomic E-state index is 0.285. The third-order valence-corrected chi connectivity index (χ3v) is 6.59. The molecule has 4 aromatic rings. The van der Waals surface area contributed by atoms with Crippen molar-refractivity contribution < 1.29 is 4.74 Å². The highest BCUT2D eigenvalue weighted by Gasteiger charge is 2.18. The quantitative estimate of drug-likeness (QED) is 0.457. The van der Waals surface area contributed by atoms with Crippen molar-refractivity contribution >= 4 is 38.7 Å². The van der Waals surface area contributed by atoms with E-state index < -0.39 is 0 Å². The Morgan fingerprint density at radius 3 is 2.61 bits per heavy atom. The Hall–Kier alpha value is -2.48. The number of ether oxygens (including phenoxy) is 1. The summed E-state index contributed by atoms with van der Waals surface area (Å²) in [5.74, 6) is 1.73. The van der Waals surface area contributed by atoms with Crippen LogP contribution in [0.25, 0.3) is 21.3 Å². The number of rotatable bonds is 7. The van der Waals surface area contributed by atoms with Gasteiger partial charge in [-0.3, -0.25) is 0 Å². The SMILES string of the molecule is COc1ccc(-c2csc3ncnc(NC[C@@H](c4cccs4)N(C)C)c23)cc1. The third-order valence-electron chi connectivity index (χ3n) is 4.73. The Morgan fingerprint density at radius 1 is 1.11 bits per heavy atom. The first-order chi connectivity index (χ1) is 13.7. The molecule has 0 aliphatic heterocycles. The van der Waals surface area contributed by atoms with Gasteiger partial charge in [0, 0.05) is 22.4 Å². The standard InChI is InChI=1S/C21H22N4OS2/c1-25(2)17(18-5-4-10-27-18)11-22-20-19-16(12-28-21(19)24-13-23-20)14-6-8-15(26-3)9-7-14/h4-10,12-13,17H,11H2,1-3H3,(H,22,23,24)/t17-/m0/s1. The van der Waals surface area contributed by atoms with Crippen LogP contribution in [0.2, 0.25) is 0 Å². The van der Waals surface area contributed by atoms with Gasteiger partial charge in [-0.1, -0.05) is 18.2 Å². The van der Waals surface area contributed by atoms with Crippen LogP contribution in [0, 0.1) is 0 Å². The van der Waals surface area contributed by atoms with Crippen molar-refractivity contribution in [3.8, 4) is 16.9 Å². The molecule has 0 amide bonds. The molecule has 1 atom stereocenters. The molecule has 5 nitrogen and oxygen atoms in total. The summed E-state index contributed by atoms with van der Waals surface area (Å²) < 4.78 is 5.28. The van der Waals surface area contributed by atoms with Gasteiger partial charge in [0.05, 0.1) is 18.5 Å². The first-order valence-corrected chi connectivity index (χ1v) is 10.7. The van der Waals surface area contributed by atoms with Crippen LogP contribution >= 0.6 is 22.7 Å². The van der Waals surface area contributed by atoms with E-state index >= 15 is 0 Å². The van der Waals surface area contributed by atoms with Gasteiger partial charge < -0.3 is 15.0 Å². The predicted octanol–water partition coefficient (Wildman–Crippen LogP) is 5.14. The number of anilines is 1. The first-order valence-electron chi connectivity index (χ1n) is 8.97. The lowest BCUT2D eigenvalue weighted by Crippen LogP contribution is -2.26. The van der Waals surface area contributed by atoms with E-state index in [1.807, 2.05) is 12.1 Å². The molecule has 0 saturated carbocycles. The minimum Gasteiger partial charge on any atom is -0.497 e. The van der Waals surface area contributed by atoms with Gasteiger partial charge in [0.15, 0.2) is 0 Å². The molecule has 0 bridgehead atoms. The molecule has 4 rings (SSSR count). The highest BCUT2D eigenvalue weighted by atomic mass is 32.1. The number of aromatic nitrogens is 2. The van der Waals surface area contributed by atoms with E-state index in [0.717, 1.165) is 39.5 Å². The van der Waals surface area contributed by atoms with Gasteiger partial charge in [0.2, 0.25) is 0 Å². The van der Waals surface area contributed by atoms with Crippen molar-refractivity contribution in [2.75, 3.05) is 33.1 Å². The molecule has 3 heterocycles. The van der Waals surface area contributed by atoms with Crippen LogP contribution in [0.1, 0.15) is 10.9 Å². The Bertz CT molecular complexity index is 1040. The number of benzene rings is 1. The van der Waals surface area contributed by atoms with Crippen LogP contribution in [0.15, 0.2) is 53.5 Å². The van der Waals surface area contributed by atoms with Crippen LogP contribution in [-0.4, -0.2) is 42.6 Å². The van der Waals surface area contributed by atoms with Gasteiger partial charge >= 0.3 is 0 Å². The summed E-state index contributed by atoms with van der Waals surface area (Å²) in [6, 6.07) is 12.7. The zero-order valence-corrected chi connectivity index (χ0v) is 17.7. The summed E-state index contributed by atoms with van der Waals surface area (Å²) in [5.41, 5.74) is 2.27. The van der Waals surface area contributed by atoms with Crippen LogP contribution in [-0.2, 0) is 0 Å². The zero-order valence-electron chi connectivity index (χ0n) is 16.0.